The normalized spacial score (nSPS) is 11.3. The molecule has 11 heteroatoms. The zero-order valence-corrected chi connectivity index (χ0v) is 20.2. The third kappa shape index (κ3) is 5.77. The van der Waals surface area contributed by atoms with Crippen molar-refractivity contribution in [1.82, 2.24) is 0 Å². The van der Waals surface area contributed by atoms with Gasteiger partial charge in [-0.1, -0.05) is 18.2 Å². The van der Waals surface area contributed by atoms with Gasteiger partial charge >= 0.3 is 0 Å². The Morgan fingerprint density at radius 2 is 1.67 bits per heavy atom. The number of rotatable bonds is 8. The molecule has 0 aliphatic carbocycles. The van der Waals surface area contributed by atoms with Crippen LogP contribution in [0.25, 0.3) is 0 Å². The maximum Gasteiger partial charge on any atom is 0.248 e. The largest absolute Gasteiger partial charge is 0.366 e. The summed E-state index contributed by atoms with van der Waals surface area (Å²) in [5.74, 6) is -4.45. The van der Waals surface area contributed by atoms with E-state index in [0.29, 0.717) is 5.56 Å². The molecular formula is C22H19F3IN3O3S. The summed E-state index contributed by atoms with van der Waals surface area (Å²) in [6, 6.07) is 11.9. The molecule has 0 heterocycles. The number of anilines is 3. The highest BCUT2D eigenvalue weighted by Crippen LogP contribution is 2.34. The predicted molar refractivity (Wildman–Crippen MR) is 130 cm³/mol. The second kappa shape index (κ2) is 10.00. The van der Waals surface area contributed by atoms with E-state index in [0.717, 1.165) is 0 Å². The van der Waals surface area contributed by atoms with Crippen LogP contribution in [0.2, 0.25) is 0 Å². The van der Waals surface area contributed by atoms with E-state index in [2.05, 4.69) is 10.0 Å². The Bertz CT molecular complexity index is 1330. The van der Waals surface area contributed by atoms with Crippen molar-refractivity contribution in [3.05, 3.63) is 86.2 Å². The standard InChI is InChI=1S/C22H19F3IN3O3S/c1-2-33(31,32)29-15-8-3-5-12(9-15)10-16-17(23)20(26)18(24)19(25)21(16)28-14-7-4-6-13(11-14)22(27)30/h3-9,11,28-29H,2,10H2,1H3,(H2,27,30). The van der Waals surface area contributed by atoms with Crippen LogP contribution in [0.3, 0.4) is 0 Å². The van der Waals surface area contributed by atoms with Crippen LogP contribution in [0.15, 0.2) is 48.5 Å². The van der Waals surface area contributed by atoms with Crippen LogP contribution in [0.4, 0.5) is 30.2 Å². The monoisotopic (exact) mass is 589 g/mol. The minimum atomic E-state index is -3.53. The molecule has 0 atom stereocenters. The molecule has 0 bridgehead atoms. The molecule has 1 amide bonds. The maximum atomic E-state index is 15.1. The number of carbonyl (C=O) groups excluding carboxylic acids is 1. The molecular weight excluding hydrogens is 570 g/mol. The lowest BCUT2D eigenvalue weighted by atomic mass is 10.0. The zero-order chi connectivity index (χ0) is 24.3. The molecule has 0 saturated carbocycles. The first-order valence-corrected chi connectivity index (χ1v) is 12.4. The van der Waals surface area contributed by atoms with E-state index >= 15 is 4.39 Å². The maximum absolute atomic E-state index is 15.1. The van der Waals surface area contributed by atoms with Gasteiger partial charge in [0.25, 0.3) is 0 Å². The summed E-state index contributed by atoms with van der Waals surface area (Å²) in [7, 11) is -3.53. The fourth-order valence-corrected chi connectivity index (χ4v) is 4.26. The summed E-state index contributed by atoms with van der Waals surface area (Å²) >= 11 is 1.38. The molecule has 0 fully saturated rings. The van der Waals surface area contributed by atoms with Crippen LogP contribution in [0.1, 0.15) is 28.4 Å². The van der Waals surface area contributed by atoms with Gasteiger partial charge in [-0.25, -0.2) is 21.6 Å². The highest BCUT2D eigenvalue weighted by atomic mass is 127. The number of amides is 1. The van der Waals surface area contributed by atoms with Crippen molar-refractivity contribution >= 4 is 55.6 Å². The molecule has 3 rings (SSSR count). The van der Waals surface area contributed by atoms with Crippen molar-refractivity contribution in [3.8, 4) is 0 Å². The van der Waals surface area contributed by atoms with Crippen molar-refractivity contribution in [3.63, 3.8) is 0 Å². The van der Waals surface area contributed by atoms with Gasteiger partial charge in [-0.15, -0.1) is 0 Å². The average molecular weight is 589 g/mol. The van der Waals surface area contributed by atoms with Gasteiger partial charge < -0.3 is 11.1 Å². The van der Waals surface area contributed by atoms with Gasteiger partial charge in [0.05, 0.1) is 15.0 Å². The SMILES string of the molecule is CCS(=O)(=O)Nc1cccc(Cc2c(F)c(I)c(F)c(F)c2Nc2cccc(C(N)=O)c2)c1. The Labute approximate surface area is 202 Å². The van der Waals surface area contributed by atoms with Crippen LogP contribution < -0.4 is 15.8 Å². The fraction of sp³-hybridized carbons (Fsp3) is 0.136. The second-order valence-corrected chi connectivity index (χ2v) is 10.2. The Kier molecular flexibility index (Phi) is 7.52. The van der Waals surface area contributed by atoms with Gasteiger partial charge in [-0.2, -0.15) is 0 Å². The Hall–Kier alpha value is -2.80. The van der Waals surface area contributed by atoms with Gasteiger partial charge in [0.2, 0.25) is 15.9 Å². The highest BCUT2D eigenvalue weighted by molar-refractivity contribution is 14.1. The Morgan fingerprint density at radius 1 is 1.00 bits per heavy atom. The Morgan fingerprint density at radius 3 is 2.33 bits per heavy atom. The smallest absolute Gasteiger partial charge is 0.248 e. The number of primary amides is 1. The molecule has 4 N–H and O–H groups in total. The first kappa shape index (κ1) is 24.8. The number of carbonyl (C=O) groups is 1. The van der Waals surface area contributed by atoms with Crippen molar-refractivity contribution in [1.29, 1.82) is 0 Å². The number of nitrogens with one attached hydrogen (secondary N) is 2. The highest BCUT2D eigenvalue weighted by Gasteiger charge is 2.24. The number of nitrogens with two attached hydrogens (primary N) is 1. The summed E-state index contributed by atoms with van der Waals surface area (Å²) < 4.78 is 69.9. The summed E-state index contributed by atoms with van der Waals surface area (Å²) in [5.41, 5.74) is 5.71. The van der Waals surface area contributed by atoms with Crippen LogP contribution in [0.5, 0.6) is 0 Å². The predicted octanol–water partition coefficient (Wildman–Crippen LogP) is 4.90. The van der Waals surface area contributed by atoms with Crippen molar-refractivity contribution < 1.29 is 26.4 Å². The van der Waals surface area contributed by atoms with Gasteiger partial charge in [0.1, 0.15) is 5.82 Å². The van der Waals surface area contributed by atoms with Crippen molar-refractivity contribution in [2.45, 2.75) is 13.3 Å². The molecule has 0 radical (unpaired) electrons. The Balaban J connectivity index is 2.05. The molecule has 3 aromatic rings. The topological polar surface area (TPSA) is 101 Å². The minimum Gasteiger partial charge on any atom is -0.366 e. The van der Waals surface area contributed by atoms with E-state index in [1.54, 1.807) is 12.1 Å². The number of benzene rings is 3. The lowest BCUT2D eigenvalue weighted by molar-refractivity contribution is 0.100. The lowest BCUT2D eigenvalue weighted by Crippen LogP contribution is -2.14. The number of hydrogen-bond donors (Lipinski definition) is 3. The van der Waals surface area contributed by atoms with E-state index in [1.165, 1.54) is 65.9 Å². The quantitative estimate of drug-likeness (QED) is 0.198. The van der Waals surface area contributed by atoms with Gasteiger partial charge in [-0.05, 0) is 65.4 Å². The lowest BCUT2D eigenvalue weighted by Gasteiger charge is -2.17. The molecule has 0 spiro atoms. The van der Waals surface area contributed by atoms with Crippen LogP contribution in [-0.4, -0.2) is 20.1 Å². The average Bonchev–Trinajstić information content (AvgIpc) is 2.78. The van der Waals surface area contributed by atoms with E-state index in [1.807, 2.05) is 0 Å². The van der Waals surface area contributed by atoms with Gasteiger partial charge in [0.15, 0.2) is 11.6 Å². The summed E-state index contributed by atoms with van der Waals surface area (Å²) in [6.45, 7) is 1.48. The number of sulfonamides is 1. The first-order chi connectivity index (χ1) is 15.5. The molecule has 0 aliphatic rings. The molecule has 0 aliphatic heterocycles. The van der Waals surface area contributed by atoms with Gasteiger partial charge in [-0.3, -0.25) is 9.52 Å². The van der Waals surface area contributed by atoms with Crippen LogP contribution in [-0.2, 0) is 16.4 Å². The van der Waals surface area contributed by atoms with E-state index in [-0.39, 0.29) is 34.7 Å². The van der Waals surface area contributed by atoms with Crippen LogP contribution >= 0.6 is 22.6 Å². The van der Waals surface area contributed by atoms with E-state index < -0.39 is 42.6 Å². The number of hydrogen-bond acceptors (Lipinski definition) is 4. The molecule has 3 aromatic carbocycles. The van der Waals surface area contributed by atoms with Gasteiger partial charge in [0, 0.05) is 28.9 Å². The second-order valence-electron chi connectivity index (χ2n) is 7.06. The summed E-state index contributed by atoms with van der Waals surface area (Å²) in [6.07, 6.45) is -0.168. The summed E-state index contributed by atoms with van der Waals surface area (Å²) in [4.78, 5) is 11.4. The third-order valence-corrected chi connectivity index (χ3v) is 7.00. The zero-order valence-electron chi connectivity index (χ0n) is 17.3. The minimum absolute atomic E-state index is 0.129. The van der Waals surface area contributed by atoms with E-state index in [4.69, 9.17) is 5.73 Å². The molecule has 174 valence electrons. The summed E-state index contributed by atoms with van der Waals surface area (Å²) in [5, 5.41) is 2.65. The number of halogens is 4. The molecule has 33 heavy (non-hydrogen) atoms. The van der Waals surface area contributed by atoms with E-state index in [9.17, 15) is 22.0 Å². The van der Waals surface area contributed by atoms with Crippen LogP contribution in [0, 0.1) is 21.0 Å². The van der Waals surface area contributed by atoms with Crippen molar-refractivity contribution in [2.75, 3.05) is 15.8 Å². The third-order valence-electron chi connectivity index (χ3n) is 4.74. The molecule has 0 aromatic heterocycles. The molecule has 6 nitrogen and oxygen atoms in total. The molecule has 0 unspecified atom stereocenters. The van der Waals surface area contributed by atoms with Crippen molar-refractivity contribution in [2.24, 2.45) is 5.73 Å². The molecule has 0 saturated heterocycles. The first-order valence-electron chi connectivity index (χ1n) is 9.63. The fourth-order valence-electron chi connectivity index (χ4n) is 3.07.